The van der Waals surface area contributed by atoms with Crippen LogP contribution in [0.1, 0.15) is 31.4 Å². The number of halogens is 3. The summed E-state index contributed by atoms with van der Waals surface area (Å²) >= 11 is 0. The van der Waals surface area contributed by atoms with Gasteiger partial charge in [-0.2, -0.15) is 13.2 Å². The highest BCUT2D eigenvalue weighted by atomic mass is 19.4. The summed E-state index contributed by atoms with van der Waals surface area (Å²) in [6.07, 6.45) is -5.07. The molecule has 0 aromatic heterocycles. The van der Waals surface area contributed by atoms with Gasteiger partial charge in [0.05, 0.1) is 19.6 Å². The zero-order chi connectivity index (χ0) is 17.3. The Kier molecular flexibility index (Phi) is 7.71. The highest BCUT2D eigenvalue weighted by molar-refractivity contribution is 5.79. The number of aryl methyl sites for hydroxylation is 1. The van der Waals surface area contributed by atoms with Crippen molar-refractivity contribution in [3.8, 4) is 5.75 Å². The van der Waals surface area contributed by atoms with Crippen molar-refractivity contribution in [1.82, 2.24) is 10.6 Å². The van der Waals surface area contributed by atoms with E-state index >= 15 is 0 Å². The van der Waals surface area contributed by atoms with Gasteiger partial charge < -0.3 is 15.4 Å². The van der Waals surface area contributed by atoms with Crippen molar-refractivity contribution < 1.29 is 17.9 Å². The third kappa shape index (κ3) is 7.76. The van der Waals surface area contributed by atoms with E-state index in [0.29, 0.717) is 25.7 Å². The van der Waals surface area contributed by atoms with Crippen LogP contribution < -0.4 is 15.4 Å². The minimum absolute atomic E-state index is 0.207. The molecule has 130 valence electrons. The van der Waals surface area contributed by atoms with Gasteiger partial charge in [0.1, 0.15) is 5.75 Å². The van der Waals surface area contributed by atoms with Crippen LogP contribution in [-0.2, 0) is 6.54 Å². The van der Waals surface area contributed by atoms with Gasteiger partial charge in [-0.25, -0.2) is 4.99 Å². The fourth-order valence-corrected chi connectivity index (χ4v) is 1.91. The van der Waals surface area contributed by atoms with Crippen molar-refractivity contribution in [2.24, 2.45) is 4.99 Å². The lowest BCUT2D eigenvalue weighted by atomic mass is 10.1. The van der Waals surface area contributed by atoms with Crippen molar-refractivity contribution in [2.75, 3.05) is 19.7 Å². The molecule has 1 aromatic rings. The predicted octanol–water partition coefficient (Wildman–Crippen LogP) is 3.40. The second kappa shape index (κ2) is 9.27. The molecule has 0 saturated carbocycles. The number of nitrogens with one attached hydrogen (secondary N) is 2. The Balaban J connectivity index is 2.73. The molecule has 0 atom stereocenters. The second-order valence-electron chi connectivity index (χ2n) is 5.03. The molecule has 0 bridgehead atoms. The highest BCUT2D eigenvalue weighted by Crippen LogP contribution is 2.21. The van der Waals surface area contributed by atoms with Gasteiger partial charge in [-0.15, -0.1) is 0 Å². The SMILES string of the molecule is CCNC(=NCc1ccc(C)cc1OCC)NCCC(F)(F)F. The van der Waals surface area contributed by atoms with Crippen LogP contribution >= 0.6 is 0 Å². The van der Waals surface area contributed by atoms with Crippen LogP contribution in [0.4, 0.5) is 13.2 Å². The van der Waals surface area contributed by atoms with E-state index in [1.54, 1.807) is 0 Å². The first-order valence-corrected chi connectivity index (χ1v) is 7.67. The zero-order valence-corrected chi connectivity index (χ0v) is 13.8. The van der Waals surface area contributed by atoms with E-state index in [4.69, 9.17) is 4.74 Å². The summed E-state index contributed by atoms with van der Waals surface area (Å²) in [6.45, 7) is 6.97. The zero-order valence-electron chi connectivity index (χ0n) is 13.8. The topological polar surface area (TPSA) is 45.7 Å². The molecule has 0 aliphatic heterocycles. The van der Waals surface area contributed by atoms with Gasteiger partial charge in [0.2, 0.25) is 0 Å². The van der Waals surface area contributed by atoms with E-state index in [2.05, 4.69) is 15.6 Å². The molecule has 4 nitrogen and oxygen atoms in total. The standard InChI is InChI=1S/C16H24F3N3O/c1-4-20-15(21-9-8-16(17,18)19)22-11-13-7-6-12(3)10-14(13)23-5-2/h6-7,10H,4-5,8-9,11H2,1-3H3,(H2,20,21,22). The number of guanidine groups is 1. The predicted molar refractivity (Wildman–Crippen MR) is 85.8 cm³/mol. The van der Waals surface area contributed by atoms with Crippen LogP contribution in [0.5, 0.6) is 5.75 Å². The molecule has 1 aromatic carbocycles. The van der Waals surface area contributed by atoms with E-state index in [-0.39, 0.29) is 6.54 Å². The molecule has 0 radical (unpaired) electrons. The van der Waals surface area contributed by atoms with E-state index in [1.807, 2.05) is 39.0 Å². The third-order valence-electron chi connectivity index (χ3n) is 2.98. The van der Waals surface area contributed by atoms with Crippen LogP contribution in [0.25, 0.3) is 0 Å². The molecule has 2 N–H and O–H groups in total. The number of ether oxygens (including phenoxy) is 1. The molecule has 7 heteroatoms. The number of rotatable bonds is 7. The van der Waals surface area contributed by atoms with Crippen LogP contribution in [0.15, 0.2) is 23.2 Å². The maximum atomic E-state index is 12.2. The second-order valence-corrected chi connectivity index (χ2v) is 5.03. The molecule has 0 spiro atoms. The number of hydrogen-bond acceptors (Lipinski definition) is 2. The van der Waals surface area contributed by atoms with Gasteiger partial charge in [-0.1, -0.05) is 12.1 Å². The average molecular weight is 331 g/mol. The minimum Gasteiger partial charge on any atom is -0.494 e. The van der Waals surface area contributed by atoms with E-state index in [1.165, 1.54) is 0 Å². The summed E-state index contributed by atoms with van der Waals surface area (Å²) in [5, 5.41) is 5.62. The van der Waals surface area contributed by atoms with E-state index in [0.717, 1.165) is 16.9 Å². The van der Waals surface area contributed by atoms with Crippen LogP contribution in [0, 0.1) is 6.92 Å². The fraction of sp³-hybridized carbons (Fsp3) is 0.562. The Hall–Kier alpha value is -1.92. The Bertz CT molecular complexity index is 516. The summed E-state index contributed by atoms with van der Waals surface area (Å²) in [7, 11) is 0. The molecule has 0 fully saturated rings. The lowest BCUT2D eigenvalue weighted by molar-refractivity contribution is -0.132. The van der Waals surface area contributed by atoms with Crippen LogP contribution in [0.3, 0.4) is 0 Å². The summed E-state index contributed by atoms with van der Waals surface area (Å²) in [5.74, 6) is 1.11. The Morgan fingerprint density at radius 2 is 1.96 bits per heavy atom. The van der Waals surface area contributed by atoms with Gasteiger partial charge in [0.15, 0.2) is 5.96 Å². The first kappa shape index (κ1) is 19.1. The molecular weight excluding hydrogens is 307 g/mol. The van der Waals surface area contributed by atoms with E-state index in [9.17, 15) is 13.2 Å². The fourth-order valence-electron chi connectivity index (χ4n) is 1.91. The van der Waals surface area contributed by atoms with Gasteiger partial charge in [0.25, 0.3) is 0 Å². The smallest absolute Gasteiger partial charge is 0.390 e. The number of hydrogen-bond donors (Lipinski definition) is 2. The van der Waals surface area contributed by atoms with Crippen LogP contribution in [-0.4, -0.2) is 31.8 Å². The lowest BCUT2D eigenvalue weighted by Crippen LogP contribution is -2.38. The molecule has 0 unspecified atom stereocenters. The maximum Gasteiger partial charge on any atom is 0.390 e. The molecule has 0 aliphatic carbocycles. The normalized spacial score (nSPS) is 12.2. The molecule has 1 rings (SSSR count). The van der Waals surface area contributed by atoms with Crippen LogP contribution in [0.2, 0.25) is 0 Å². The van der Waals surface area contributed by atoms with Crippen molar-refractivity contribution >= 4 is 5.96 Å². The number of nitrogens with zero attached hydrogens (tertiary/aromatic N) is 1. The summed E-state index contributed by atoms with van der Waals surface area (Å²) in [4.78, 5) is 4.32. The lowest BCUT2D eigenvalue weighted by Gasteiger charge is -2.13. The number of aliphatic imine (C=N–C) groups is 1. The van der Waals surface area contributed by atoms with Gasteiger partial charge in [-0.3, -0.25) is 0 Å². The molecule has 0 aliphatic rings. The highest BCUT2D eigenvalue weighted by Gasteiger charge is 2.26. The summed E-state index contributed by atoms with van der Waals surface area (Å²) in [6, 6.07) is 5.80. The summed E-state index contributed by atoms with van der Waals surface area (Å²) < 4.78 is 42.2. The average Bonchev–Trinajstić information content (AvgIpc) is 2.45. The van der Waals surface area contributed by atoms with Crippen molar-refractivity contribution in [1.29, 1.82) is 0 Å². The number of benzene rings is 1. The first-order chi connectivity index (χ1) is 10.9. The van der Waals surface area contributed by atoms with E-state index < -0.39 is 12.6 Å². The van der Waals surface area contributed by atoms with Gasteiger partial charge in [0, 0.05) is 18.7 Å². The Morgan fingerprint density at radius 1 is 1.22 bits per heavy atom. The van der Waals surface area contributed by atoms with Crippen molar-refractivity contribution in [3.63, 3.8) is 0 Å². The number of alkyl halides is 3. The Labute approximate surface area is 135 Å². The first-order valence-electron chi connectivity index (χ1n) is 7.67. The largest absolute Gasteiger partial charge is 0.494 e. The third-order valence-corrected chi connectivity index (χ3v) is 2.98. The minimum atomic E-state index is -4.18. The summed E-state index contributed by atoms with van der Waals surface area (Å²) in [5.41, 5.74) is 1.97. The molecule has 0 saturated heterocycles. The van der Waals surface area contributed by atoms with Gasteiger partial charge in [-0.05, 0) is 32.4 Å². The quantitative estimate of drug-likeness (QED) is 0.595. The molecular formula is C16H24F3N3O. The van der Waals surface area contributed by atoms with Crippen molar-refractivity contribution in [3.05, 3.63) is 29.3 Å². The van der Waals surface area contributed by atoms with Crippen molar-refractivity contribution in [2.45, 2.75) is 39.9 Å². The monoisotopic (exact) mass is 331 g/mol. The molecule has 0 amide bonds. The molecule has 23 heavy (non-hydrogen) atoms. The Morgan fingerprint density at radius 3 is 2.57 bits per heavy atom. The molecule has 0 heterocycles. The maximum absolute atomic E-state index is 12.2. The van der Waals surface area contributed by atoms with Gasteiger partial charge >= 0.3 is 6.18 Å².